The number of ether oxygens (including phenoxy) is 1. The second-order valence-electron chi connectivity index (χ2n) is 6.31. The molecule has 1 fully saturated rings. The largest absolute Gasteiger partial charge is 0.454 e. The van der Waals surface area contributed by atoms with Crippen molar-refractivity contribution in [3.05, 3.63) is 61.9 Å². The summed E-state index contributed by atoms with van der Waals surface area (Å²) in [6.07, 6.45) is 2.20. The van der Waals surface area contributed by atoms with Crippen LogP contribution < -0.4 is 0 Å². The Labute approximate surface area is 154 Å². The molecule has 0 radical (unpaired) electrons. The average Bonchev–Trinajstić information content (AvgIpc) is 3.37. The zero-order chi connectivity index (χ0) is 19.0. The zero-order valence-electron chi connectivity index (χ0n) is 14.3. The number of nitrogens with zero attached hydrogens (tertiary/aromatic N) is 2. The summed E-state index contributed by atoms with van der Waals surface area (Å²) in [6.45, 7) is 3.36. The van der Waals surface area contributed by atoms with Crippen LogP contribution in [0.1, 0.15) is 51.0 Å². The first-order valence-electron chi connectivity index (χ1n) is 8.12. The number of hydrogen-bond acceptors (Lipinski definition) is 5. The normalized spacial score (nSPS) is 13.5. The first kappa shape index (κ1) is 18.1. The molecule has 1 heterocycles. The minimum absolute atomic E-state index is 0.0277. The minimum Gasteiger partial charge on any atom is -0.454 e. The Hall–Kier alpha value is -2.67. The lowest BCUT2D eigenvalue weighted by Crippen LogP contribution is -2.15. The summed E-state index contributed by atoms with van der Waals surface area (Å²) >= 11 is 5.91. The number of ketones is 1. The quantitative estimate of drug-likeness (QED) is 0.328. The highest BCUT2D eigenvalue weighted by molar-refractivity contribution is 6.33. The number of nitro groups is 1. The first-order valence-corrected chi connectivity index (χ1v) is 8.50. The molecule has 0 unspecified atom stereocenters. The Morgan fingerprint density at radius 1 is 1.27 bits per heavy atom. The van der Waals surface area contributed by atoms with E-state index in [2.05, 4.69) is 4.57 Å². The van der Waals surface area contributed by atoms with Gasteiger partial charge in [0.2, 0.25) is 5.78 Å². The third-order valence-corrected chi connectivity index (χ3v) is 4.74. The van der Waals surface area contributed by atoms with Crippen molar-refractivity contribution in [1.82, 2.24) is 4.57 Å². The van der Waals surface area contributed by atoms with Crippen LogP contribution in [0.15, 0.2) is 24.3 Å². The van der Waals surface area contributed by atoms with Crippen LogP contribution in [0.25, 0.3) is 0 Å². The number of aryl methyl sites for hydroxylation is 1. The summed E-state index contributed by atoms with van der Waals surface area (Å²) in [5, 5.41) is 10.9. The van der Waals surface area contributed by atoms with Gasteiger partial charge in [-0.2, -0.15) is 0 Å². The summed E-state index contributed by atoms with van der Waals surface area (Å²) in [5.74, 6) is -1.19. The van der Waals surface area contributed by atoms with Crippen LogP contribution in [0, 0.1) is 24.0 Å². The Kier molecular flexibility index (Phi) is 4.82. The molecule has 0 aliphatic heterocycles. The fourth-order valence-corrected chi connectivity index (χ4v) is 3.22. The number of nitro benzene ring substituents is 1. The Balaban J connectivity index is 1.72. The van der Waals surface area contributed by atoms with Crippen LogP contribution in [-0.4, -0.2) is 27.8 Å². The van der Waals surface area contributed by atoms with Crippen LogP contribution in [0.4, 0.5) is 5.69 Å². The molecule has 1 aliphatic rings. The van der Waals surface area contributed by atoms with E-state index >= 15 is 0 Å². The molecule has 26 heavy (non-hydrogen) atoms. The van der Waals surface area contributed by atoms with Crippen molar-refractivity contribution in [2.24, 2.45) is 0 Å². The smallest absolute Gasteiger partial charge is 0.340 e. The van der Waals surface area contributed by atoms with Crippen LogP contribution >= 0.6 is 11.6 Å². The molecule has 136 valence electrons. The number of aromatic nitrogens is 1. The van der Waals surface area contributed by atoms with E-state index in [-0.39, 0.29) is 22.1 Å². The summed E-state index contributed by atoms with van der Waals surface area (Å²) in [5.41, 5.74) is 1.96. The number of hydrogen-bond donors (Lipinski definition) is 0. The highest BCUT2D eigenvalue weighted by Gasteiger charge is 2.28. The Bertz CT molecular complexity index is 915. The third kappa shape index (κ3) is 3.48. The maximum atomic E-state index is 12.4. The van der Waals surface area contributed by atoms with Crippen molar-refractivity contribution in [3.63, 3.8) is 0 Å². The summed E-state index contributed by atoms with van der Waals surface area (Å²) < 4.78 is 7.17. The lowest BCUT2D eigenvalue weighted by Gasteiger charge is -2.08. The minimum atomic E-state index is -0.872. The molecule has 3 rings (SSSR count). The average molecular weight is 377 g/mol. The number of esters is 1. The van der Waals surface area contributed by atoms with E-state index in [1.165, 1.54) is 12.1 Å². The summed E-state index contributed by atoms with van der Waals surface area (Å²) in [7, 11) is 0. The predicted molar refractivity (Wildman–Crippen MR) is 94.9 cm³/mol. The van der Waals surface area contributed by atoms with Gasteiger partial charge in [-0.1, -0.05) is 11.6 Å². The lowest BCUT2D eigenvalue weighted by atomic mass is 10.1. The molecule has 0 spiro atoms. The molecule has 8 heteroatoms. The number of carbonyl (C=O) groups is 2. The van der Waals surface area contributed by atoms with Gasteiger partial charge in [-0.05, 0) is 38.8 Å². The maximum absolute atomic E-state index is 12.4. The lowest BCUT2D eigenvalue weighted by molar-refractivity contribution is -0.384. The topological polar surface area (TPSA) is 91.4 Å². The van der Waals surface area contributed by atoms with Crippen molar-refractivity contribution in [1.29, 1.82) is 0 Å². The molecule has 1 aliphatic carbocycles. The molecular formula is C18H17ClN2O5. The van der Waals surface area contributed by atoms with Gasteiger partial charge < -0.3 is 9.30 Å². The van der Waals surface area contributed by atoms with E-state index in [0.717, 1.165) is 30.3 Å². The number of rotatable bonds is 6. The number of halogens is 1. The SMILES string of the molecule is Cc1cc(C(=O)COC(=O)c2cc([N+](=O)[O-])ccc2Cl)c(C)n1C1CC1. The number of carbonyl (C=O) groups excluding carboxylic acids is 2. The fraction of sp³-hybridized carbons (Fsp3) is 0.333. The molecule has 7 nitrogen and oxygen atoms in total. The van der Waals surface area contributed by atoms with E-state index in [1.807, 2.05) is 13.8 Å². The highest BCUT2D eigenvalue weighted by atomic mass is 35.5. The van der Waals surface area contributed by atoms with Gasteiger partial charge in [-0.25, -0.2) is 4.79 Å². The molecule has 2 aromatic rings. The molecular weight excluding hydrogens is 360 g/mol. The van der Waals surface area contributed by atoms with Crippen LogP contribution in [0.2, 0.25) is 5.02 Å². The molecule has 0 amide bonds. The highest BCUT2D eigenvalue weighted by Crippen LogP contribution is 2.38. The predicted octanol–water partition coefficient (Wildman–Crippen LogP) is 4.04. The van der Waals surface area contributed by atoms with E-state index in [4.69, 9.17) is 16.3 Å². The van der Waals surface area contributed by atoms with Crippen LogP contribution in [-0.2, 0) is 4.74 Å². The van der Waals surface area contributed by atoms with E-state index in [0.29, 0.717) is 11.6 Å². The van der Waals surface area contributed by atoms with Crippen LogP contribution in [0.5, 0.6) is 0 Å². The molecule has 1 aromatic heterocycles. The molecule has 0 atom stereocenters. The monoisotopic (exact) mass is 376 g/mol. The zero-order valence-corrected chi connectivity index (χ0v) is 15.1. The number of Topliss-reactive ketones (excluding diaryl/α,β-unsaturated/α-hetero) is 1. The van der Waals surface area contributed by atoms with Gasteiger partial charge >= 0.3 is 5.97 Å². The van der Waals surface area contributed by atoms with Gasteiger partial charge in [0.05, 0.1) is 15.5 Å². The van der Waals surface area contributed by atoms with E-state index in [1.54, 1.807) is 6.07 Å². The van der Waals surface area contributed by atoms with E-state index in [9.17, 15) is 19.7 Å². The Morgan fingerprint density at radius 3 is 2.58 bits per heavy atom. The fourth-order valence-electron chi connectivity index (χ4n) is 3.02. The molecule has 0 saturated heterocycles. The number of non-ortho nitro benzene ring substituents is 1. The van der Waals surface area contributed by atoms with Gasteiger partial charge in [-0.15, -0.1) is 0 Å². The van der Waals surface area contributed by atoms with Gasteiger partial charge in [0.1, 0.15) is 0 Å². The molecule has 0 N–H and O–H groups in total. The van der Waals surface area contributed by atoms with E-state index < -0.39 is 17.5 Å². The molecule has 1 aromatic carbocycles. The first-order chi connectivity index (χ1) is 12.3. The van der Waals surface area contributed by atoms with Crippen LogP contribution in [0.3, 0.4) is 0 Å². The van der Waals surface area contributed by atoms with Crippen molar-refractivity contribution >= 4 is 29.0 Å². The molecule has 1 saturated carbocycles. The Morgan fingerprint density at radius 2 is 1.96 bits per heavy atom. The van der Waals surface area contributed by atoms with Gasteiger partial charge in [0.15, 0.2) is 6.61 Å². The van der Waals surface area contributed by atoms with Gasteiger partial charge in [0.25, 0.3) is 5.69 Å². The van der Waals surface area contributed by atoms with Crippen molar-refractivity contribution in [3.8, 4) is 0 Å². The summed E-state index contributed by atoms with van der Waals surface area (Å²) in [4.78, 5) is 34.8. The van der Waals surface area contributed by atoms with Crippen molar-refractivity contribution in [2.75, 3.05) is 6.61 Å². The van der Waals surface area contributed by atoms with Crippen molar-refractivity contribution < 1.29 is 19.2 Å². The second kappa shape index (κ2) is 6.92. The third-order valence-electron chi connectivity index (χ3n) is 4.41. The second-order valence-corrected chi connectivity index (χ2v) is 6.71. The standard InChI is InChI=1S/C18H17ClN2O5/c1-10-7-14(11(2)20(10)12-3-4-12)17(22)9-26-18(23)15-8-13(21(24)25)5-6-16(15)19/h5-8,12H,3-4,9H2,1-2H3. The van der Waals surface area contributed by atoms with Gasteiger partial charge in [0, 0.05) is 35.1 Å². The number of benzene rings is 1. The maximum Gasteiger partial charge on any atom is 0.340 e. The van der Waals surface area contributed by atoms with Gasteiger partial charge in [-0.3, -0.25) is 14.9 Å². The molecule has 0 bridgehead atoms. The summed E-state index contributed by atoms with van der Waals surface area (Å²) in [6, 6.07) is 5.72. The van der Waals surface area contributed by atoms with Crippen molar-refractivity contribution in [2.45, 2.75) is 32.7 Å².